The highest BCUT2D eigenvalue weighted by molar-refractivity contribution is 5.88. The molecule has 20 heavy (non-hydrogen) atoms. The molecule has 2 rings (SSSR count). The van der Waals surface area contributed by atoms with Crippen LogP contribution in [0.5, 0.6) is 0 Å². The van der Waals surface area contributed by atoms with E-state index in [0.717, 1.165) is 5.56 Å². The number of hydrogen-bond acceptors (Lipinski definition) is 4. The second-order valence-electron chi connectivity index (χ2n) is 4.64. The maximum absolute atomic E-state index is 11.7. The van der Waals surface area contributed by atoms with E-state index < -0.39 is 0 Å². The van der Waals surface area contributed by atoms with Crippen LogP contribution in [0.25, 0.3) is 0 Å². The van der Waals surface area contributed by atoms with Gasteiger partial charge in [0.2, 0.25) is 0 Å². The number of nitrogens with zero attached hydrogens (tertiary/aromatic N) is 2. The molecule has 0 bridgehead atoms. The van der Waals surface area contributed by atoms with Crippen molar-refractivity contribution in [3.05, 3.63) is 53.9 Å². The second kappa shape index (κ2) is 6.34. The van der Waals surface area contributed by atoms with Crippen LogP contribution in [-0.4, -0.2) is 28.4 Å². The molecule has 2 aromatic rings. The molecule has 106 valence electrons. The molecule has 0 spiro atoms. The average molecular weight is 273 g/mol. The van der Waals surface area contributed by atoms with E-state index in [1.54, 1.807) is 17.8 Å². The number of ether oxygens (including phenoxy) is 1. The molecule has 1 aromatic heterocycles. The van der Waals surface area contributed by atoms with Gasteiger partial charge in [-0.25, -0.2) is 4.79 Å². The van der Waals surface area contributed by atoms with Crippen LogP contribution in [0.1, 0.15) is 35.8 Å². The summed E-state index contributed by atoms with van der Waals surface area (Å²) >= 11 is 0. The number of benzene rings is 1. The molecule has 0 saturated carbocycles. The Balaban J connectivity index is 2.30. The van der Waals surface area contributed by atoms with E-state index in [9.17, 15) is 4.79 Å². The lowest BCUT2D eigenvalue weighted by atomic mass is 10.0. The van der Waals surface area contributed by atoms with E-state index in [-0.39, 0.29) is 18.1 Å². The Bertz CT molecular complexity index is 564. The van der Waals surface area contributed by atoms with E-state index in [1.807, 2.05) is 37.3 Å². The number of carbonyl (C=O) groups excluding carboxylic acids is 1. The van der Waals surface area contributed by atoms with Gasteiger partial charge in [0.15, 0.2) is 0 Å². The highest BCUT2D eigenvalue weighted by Crippen LogP contribution is 2.20. The Hall–Kier alpha value is -2.14. The quantitative estimate of drug-likeness (QED) is 0.846. The molecule has 2 N–H and O–H groups in total. The molecule has 5 heteroatoms. The van der Waals surface area contributed by atoms with Gasteiger partial charge in [-0.05, 0) is 19.4 Å². The fraction of sp³-hybridized carbons (Fsp3) is 0.333. The molecule has 0 radical (unpaired) electrons. The summed E-state index contributed by atoms with van der Waals surface area (Å²) in [5.74, 6) is -0.366. The molecule has 0 amide bonds. The maximum atomic E-state index is 11.7. The minimum atomic E-state index is -0.366. The molecular formula is C15H19N3O2. The summed E-state index contributed by atoms with van der Waals surface area (Å²) in [5, 5.41) is 4.25. The zero-order chi connectivity index (χ0) is 14.5. The summed E-state index contributed by atoms with van der Waals surface area (Å²) in [4.78, 5) is 11.7. The lowest BCUT2D eigenvalue weighted by Crippen LogP contribution is -2.30. The van der Waals surface area contributed by atoms with Gasteiger partial charge in [0, 0.05) is 12.2 Å². The fourth-order valence-electron chi connectivity index (χ4n) is 2.16. The normalized spacial score (nSPS) is 13.8. The summed E-state index contributed by atoms with van der Waals surface area (Å²) in [6, 6.07) is 9.63. The van der Waals surface area contributed by atoms with Crippen LogP contribution >= 0.6 is 0 Å². The standard InChI is InChI=1S/C15H19N3O2/c1-3-20-15(19)13-9-17-18(10-13)14(11(2)16)12-7-5-4-6-8-12/h4-11,14H,3,16H2,1-2H3. The van der Waals surface area contributed by atoms with Gasteiger partial charge in [0.25, 0.3) is 0 Å². The number of hydrogen-bond donors (Lipinski definition) is 1. The van der Waals surface area contributed by atoms with Gasteiger partial charge in [-0.15, -0.1) is 0 Å². The van der Waals surface area contributed by atoms with Crippen molar-refractivity contribution in [2.75, 3.05) is 6.61 Å². The monoisotopic (exact) mass is 273 g/mol. The van der Waals surface area contributed by atoms with Crippen LogP contribution in [0.3, 0.4) is 0 Å². The first-order valence-electron chi connectivity index (χ1n) is 6.65. The van der Waals surface area contributed by atoms with E-state index in [4.69, 9.17) is 10.5 Å². The van der Waals surface area contributed by atoms with E-state index in [2.05, 4.69) is 5.10 Å². The molecular weight excluding hydrogens is 254 g/mol. The Labute approximate surface area is 118 Å². The van der Waals surface area contributed by atoms with E-state index in [1.165, 1.54) is 6.20 Å². The molecule has 1 aromatic carbocycles. The highest BCUT2D eigenvalue weighted by atomic mass is 16.5. The van der Waals surface area contributed by atoms with Crippen LogP contribution in [0.4, 0.5) is 0 Å². The lowest BCUT2D eigenvalue weighted by Gasteiger charge is -2.21. The van der Waals surface area contributed by atoms with Gasteiger partial charge in [-0.3, -0.25) is 4.68 Å². The van der Waals surface area contributed by atoms with Crippen molar-refractivity contribution < 1.29 is 9.53 Å². The molecule has 0 fully saturated rings. The van der Waals surface area contributed by atoms with Crippen molar-refractivity contribution in [1.82, 2.24) is 9.78 Å². The van der Waals surface area contributed by atoms with Crippen molar-refractivity contribution in [2.45, 2.75) is 25.9 Å². The zero-order valence-corrected chi connectivity index (χ0v) is 11.7. The summed E-state index contributed by atoms with van der Waals surface area (Å²) in [6.45, 7) is 4.04. The third-order valence-corrected chi connectivity index (χ3v) is 3.04. The van der Waals surface area contributed by atoms with Crippen LogP contribution in [0.15, 0.2) is 42.7 Å². The van der Waals surface area contributed by atoms with Crippen LogP contribution < -0.4 is 5.73 Å². The maximum Gasteiger partial charge on any atom is 0.341 e. The average Bonchev–Trinajstić information content (AvgIpc) is 2.89. The number of esters is 1. The van der Waals surface area contributed by atoms with Crippen LogP contribution in [0, 0.1) is 0 Å². The molecule has 0 aliphatic carbocycles. The summed E-state index contributed by atoms with van der Waals surface area (Å²) in [6.07, 6.45) is 3.19. The van der Waals surface area contributed by atoms with Crippen LogP contribution in [-0.2, 0) is 4.74 Å². The molecule has 0 aliphatic heterocycles. The van der Waals surface area contributed by atoms with Crippen molar-refractivity contribution in [2.24, 2.45) is 5.73 Å². The fourth-order valence-corrected chi connectivity index (χ4v) is 2.16. The molecule has 2 unspecified atom stereocenters. The minimum absolute atomic E-state index is 0.112. The van der Waals surface area contributed by atoms with Gasteiger partial charge in [-0.1, -0.05) is 30.3 Å². The minimum Gasteiger partial charge on any atom is -0.462 e. The first kappa shape index (κ1) is 14.3. The highest BCUT2D eigenvalue weighted by Gasteiger charge is 2.20. The summed E-state index contributed by atoms with van der Waals surface area (Å²) in [7, 11) is 0. The number of carbonyl (C=O) groups is 1. The van der Waals surface area contributed by atoms with Gasteiger partial charge < -0.3 is 10.5 Å². The van der Waals surface area contributed by atoms with Crippen LogP contribution in [0.2, 0.25) is 0 Å². The Morgan fingerprint density at radius 2 is 2.10 bits per heavy atom. The first-order valence-corrected chi connectivity index (χ1v) is 6.65. The zero-order valence-electron chi connectivity index (χ0n) is 11.7. The number of rotatable bonds is 5. The van der Waals surface area contributed by atoms with Gasteiger partial charge in [-0.2, -0.15) is 5.10 Å². The molecule has 5 nitrogen and oxygen atoms in total. The SMILES string of the molecule is CCOC(=O)c1cnn(C(c2ccccc2)C(C)N)c1. The lowest BCUT2D eigenvalue weighted by molar-refractivity contribution is 0.0526. The molecule has 2 atom stereocenters. The van der Waals surface area contributed by atoms with Gasteiger partial charge in [0.05, 0.1) is 24.4 Å². The van der Waals surface area contributed by atoms with Crippen molar-refractivity contribution in [1.29, 1.82) is 0 Å². The van der Waals surface area contributed by atoms with Gasteiger partial charge >= 0.3 is 5.97 Å². The van der Waals surface area contributed by atoms with Crippen molar-refractivity contribution in [3.63, 3.8) is 0 Å². The topological polar surface area (TPSA) is 70.1 Å². The summed E-state index contributed by atoms with van der Waals surface area (Å²) < 4.78 is 6.68. The molecule has 1 heterocycles. The first-order chi connectivity index (χ1) is 9.63. The largest absolute Gasteiger partial charge is 0.462 e. The van der Waals surface area contributed by atoms with E-state index >= 15 is 0 Å². The number of nitrogens with two attached hydrogens (primary N) is 1. The predicted molar refractivity (Wildman–Crippen MR) is 76.4 cm³/mol. The Morgan fingerprint density at radius 1 is 1.40 bits per heavy atom. The van der Waals surface area contributed by atoms with Crippen molar-refractivity contribution >= 4 is 5.97 Å². The smallest absolute Gasteiger partial charge is 0.341 e. The molecule has 0 aliphatic rings. The van der Waals surface area contributed by atoms with Crippen molar-refractivity contribution in [3.8, 4) is 0 Å². The third-order valence-electron chi connectivity index (χ3n) is 3.04. The summed E-state index contributed by atoms with van der Waals surface area (Å²) in [5.41, 5.74) is 7.56. The molecule has 0 saturated heterocycles. The Kier molecular flexibility index (Phi) is 4.53. The van der Waals surface area contributed by atoms with E-state index in [0.29, 0.717) is 12.2 Å². The second-order valence-corrected chi connectivity index (χ2v) is 4.64. The van der Waals surface area contributed by atoms with Gasteiger partial charge in [0.1, 0.15) is 0 Å². The predicted octanol–water partition coefficient (Wildman–Crippen LogP) is 2.00. The number of aromatic nitrogens is 2. The third kappa shape index (κ3) is 3.05. The Morgan fingerprint density at radius 3 is 2.70 bits per heavy atom.